The van der Waals surface area contributed by atoms with Gasteiger partial charge in [0.25, 0.3) is 0 Å². The molecular formula is C14H7F6. The standard InChI is InChI=1S/C14H7F6/c15-13(16,17)10-7-5-9(6-8-10)11-3-1-2-4-12(11)14(18,19)20/h1,3-8H. The fourth-order valence-electron chi connectivity index (χ4n) is 1.76. The zero-order chi connectivity index (χ0) is 15.0. The molecule has 6 heteroatoms. The molecule has 1 radical (unpaired) electrons. The third kappa shape index (κ3) is 2.95. The maximum atomic E-state index is 12.8. The molecule has 2 aromatic rings. The Morgan fingerprint density at radius 2 is 1.35 bits per heavy atom. The Morgan fingerprint density at radius 3 is 1.85 bits per heavy atom. The summed E-state index contributed by atoms with van der Waals surface area (Å²) >= 11 is 0. The zero-order valence-electron chi connectivity index (χ0n) is 9.81. The SMILES string of the molecule is FC(F)(F)c1ccc(-c2cc[c]cc2C(F)(F)F)cc1. The van der Waals surface area contributed by atoms with Crippen molar-refractivity contribution in [3.05, 3.63) is 59.7 Å². The minimum absolute atomic E-state index is 0.0688. The second-order valence-corrected chi connectivity index (χ2v) is 4.04. The fourth-order valence-corrected chi connectivity index (χ4v) is 1.76. The Morgan fingerprint density at radius 1 is 0.750 bits per heavy atom. The highest BCUT2D eigenvalue weighted by Gasteiger charge is 2.34. The van der Waals surface area contributed by atoms with Gasteiger partial charge in [-0.05, 0) is 35.4 Å². The van der Waals surface area contributed by atoms with Crippen LogP contribution in [0, 0.1) is 6.07 Å². The molecular weight excluding hydrogens is 282 g/mol. The highest BCUT2D eigenvalue weighted by atomic mass is 19.4. The quantitative estimate of drug-likeness (QED) is 0.634. The topological polar surface area (TPSA) is 0 Å². The van der Waals surface area contributed by atoms with E-state index in [0.29, 0.717) is 0 Å². The number of hydrogen-bond donors (Lipinski definition) is 0. The van der Waals surface area contributed by atoms with Gasteiger partial charge in [-0.2, -0.15) is 26.3 Å². The van der Waals surface area contributed by atoms with Crippen LogP contribution in [0.2, 0.25) is 0 Å². The second-order valence-electron chi connectivity index (χ2n) is 4.04. The van der Waals surface area contributed by atoms with Crippen LogP contribution in [0.5, 0.6) is 0 Å². The van der Waals surface area contributed by atoms with E-state index in [4.69, 9.17) is 0 Å². The third-order valence-corrected chi connectivity index (χ3v) is 2.69. The van der Waals surface area contributed by atoms with Gasteiger partial charge in [-0.25, -0.2) is 0 Å². The van der Waals surface area contributed by atoms with E-state index in [1.807, 2.05) is 0 Å². The van der Waals surface area contributed by atoms with Gasteiger partial charge in [0, 0.05) is 0 Å². The average molecular weight is 289 g/mol. The molecule has 0 saturated heterocycles. The minimum Gasteiger partial charge on any atom is -0.166 e. The molecule has 0 fully saturated rings. The maximum absolute atomic E-state index is 12.8. The summed E-state index contributed by atoms with van der Waals surface area (Å²) in [4.78, 5) is 0. The molecule has 0 heterocycles. The maximum Gasteiger partial charge on any atom is 0.417 e. The Bertz CT molecular complexity index is 592. The lowest BCUT2D eigenvalue weighted by Gasteiger charge is -2.13. The van der Waals surface area contributed by atoms with Crippen LogP contribution in [-0.2, 0) is 12.4 Å². The lowest BCUT2D eigenvalue weighted by molar-refractivity contribution is -0.138. The summed E-state index contributed by atoms with van der Waals surface area (Å²) in [5, 5.41) is 0. The molecule has 0 bridgehead atoms. The first-order chi connectivity index (χ1) is 9.19. The molecule has 105 valence electrons. The largest absolute Gasteiger partial charge is 0.417 e. The van der Waals surface area contributed by atoms with Crippen LogP contribution < -0.4 is 0 Å². The van der Waals surface area contributed by atoms with Crippen molar-refractivity contribution in [2.24, 2.45) is 0 Å². The summed E-state index contributed by atoms with van der Waals surface area (Å²) in [7, 11) is 0. The highest BCUT2D eigenvalue weighted by Crippen LogP contribution is 2.37. The summed E-state index contributed by atoms with van der Waals surface area (Å²) in [6.45, 7) is 0. The Hall–Kier alpha value is -1.98. The number of rotatable bonds is 1. The van der Waals surface area contributed by atoms with Crippen LogP contribution in [0.25, 0.3) is 11.1 Å². The van der Waals surface area contributed by atoms with E-state index in [2.05, 4.69) is 6.07 Å². The molecule has 0 saturated carbocycles. The molecule has 0 aromatic heterocycles. The molecule has 0 aliphatic carbocycles. The van der Waals surface area contributed by atoms with Crippen LogP contribution in [0.3, 0.4) is 0 Å². The monoisotopic (exact) mass is 289 g/mol. The predicted octanol–water partition coefficient (Wildman–Crippen LogP) is 5.19. The van der Waals surface area contributed by atoms with Crippen LogP contribution in [0.15, 0.2) is 42.5 Å². The summed E-state index contributed by atoms with van der Waals surface area (Å²) in [6, 6.07) is 9.09. The number of hydrogen-bond acceptors (Lipinski definition) is 0. The zero-order valence-corrected chi connectivity index (χ0v) is 9.81. The van der Waals surface area contributed by atoms with E-state index in [9.17, 15) is 26.3 Å². The van der Waals surface area contributed by atoms with Gasteiger partial charge in [-0.1, -0.05) is 24.3 Å². The van der Waals surface area contributed by atoms with Crippen molar-refractivity contribution in [2.75, 3.05) is 0 Å². The normalized spacial score (nSPS) is 12.5. The molecule has 2 aromatic carbocycles. The molecule has 0 amide bonds. The fraction of sp³-hybridized carbons (Fsp3) is 0.143. The van der Waals surface area contributed by atoms with Crippen LogP contribution >= 0.6 is 0 Å². The van der Waals surface area contributed by atoms with E-state index in [1.54, 1.807) is 0 Å². The first-order valence-corrected chi connectivity index (χ1v) is 5.44. The van der Waals surface area contributed by atoms with Gasteiger partial charge in [-0.3, -0.25) is 0 Å². The van der Waals surface area contributed by atoms with Gasteiger partial charge >= 0.3 is 12.4 Å². The summed E-state index contributed by atoms with van der Waals surface area (Å²) < 4.78 is 75.6. The lowest BCUT2D eigenvalue weighted by Crippen LogP contribution is -2.07. The summed E-state index contributed by atoms with van der Waals surface area (Å²) in [5.74, 6) is 0. The molecule has 0 aliphatic heterocycles. The Balaban J connectivity index is 2.48. The van der Waals surface area contributed by atoms with E-state index in [-0.39, 0.29) is 11.1 Å². The van der Waals surface area contributed by atoms with Crippen molar-refractivity contribution in [3.63, 3.8) is 0 Å². The predicted molar refractivity (Wildman–Crippen MR) is 60.7 cm³/mol. The van der Waals surface area contributed by atoms with Crippen LogP contribution in [0.4, 0.5) is 26.3 Å². The molecule has 0 spiro atoms. The molecule has 2 rings (SSSR count). The van der Waals surface area contributed by atoms with Crippen molar-refractivity contribution in [2.45, 2.75) is 12.4 Å². The van der Waals surface area contributed by atoms with Crippen molar-refractivity contribution >= 4 is 0 Å². The number of halogens is 6. The van der Waals surface area contributed by atoms with Gasteiger partial charge in [-0.15, -0.1) is 0 Å². The Labute approximate surface area is 110 Å². The molecule has 0 unspecified atom stereocenters. The van der Waals surface area contributed by atoms with Crippen molar-refractivity contribution in [1.82, 2.24) is 0 Å². The Kier molecular flexibility index (Phi) is 3.50. The van der Waals surface area contributed by atoms with Crippen molar-refractivity contribution in [1.29, 1.82) is 0 Å². The minimum atomic E-state index is -4.59. The van der Waals surface area contributed by atoms with Crippen molar-refractivity contribution < 1.29 is 26.3 Å². The molecule has 0 aliphatic rings. The van der Waals surface area contributed by atoms with Crippen LogP contribution in [-0.4, -0.2) is 0 Å². The summed E-state index contributed by atoms with van der Waals surface area (Å²) in [5.41, 5.74) is -1.94. The van der Waals surface area contributed by atoms with Gasteiger partial charge in [0.2, 0.25) is 0 Å². The molecule has 20 heavy (non-hydrogen) atoms. The van der Waals surface area contributed by atoms with Gasteiger partial charge in [0.15, 0.2) is 0 Å². The number of alkyl halides is 6. The van der Waals surface area contributed by atoms with Crippen LogP contribution in [0.1, 0.15) is 11.1 Å². The summed E-state index contributed by atoms with van der Waals surface area (Å²) in [6.07, 6.45) is -9.11. The van der Waals surface area contributed by atoms with Gasteiger partial charge < -0.3 is 0 Å². The van der Waals surface area contributed by atoms with E-state index < -0.39 is 23.5 Å². The highest BCUT2D eigenvalue weighted by molar-refractivity contribution is 5.68. The second kappa shape index (κ2) is 4.85. The van der Waals surface area contributed by atoms with E-state index in [1.165, 1.54) is 12.1 Å². The third-order valence-electron chi connectivity index (χ3n) is 2.69. The average Bonchev–Trinajstić information content (AvgIpc) is 2.37. The molecule has 0 N–H and O–H groups in total. The first-order valence-electron chi connectivity index (χ1n) is 5.44. The van der Waals surface area contributed by atoms with Gasteiger partial charge in [0.1, 0.15) is 0 Å². The van der Waals surface area contributed by atoms with E-state index >= 15 is 0 Å². The van der Waals surface area contributed by atoms with E-state index in [0.717, 1.165) is 30.3 Å². The van der Waals surface area contributed by atoms with Gasteiger partial charge in [0.05, 0.1) is 11.1 Å². The lowest BCUT2D eigenvalue weighted by atomic mass is 9.98. The van der Waals surface area contributed by atoms with Crippen molar-refractivity contribution in [3.8, 4) is 11.1 Å². The molecule has 0 nitrogen and oxygen atoms in total. The smallest absolute Gasteiger partial charge is 0.166 e. The first kappa shape index (κ1) is 14.4. The number of benzene rings is 2. The molecule has 0 atom stereocenters.